The van der Waals surface area contributed by atoms with Crippen LogP contribution in [0.15, 0.2) is 40.8 Å². The summed E-state index contributed by atoms with van der Waals surface area (Å²) in [4.78, 5) is 10.9. The minimum Gasteiger partial charge on any atom is -0.489 e. The summed E-state index contributed by atoms with van der Waals surface area (Å²) in [5, 5.41) is 8.82. The fourth-order valence-electron chi connectivity index (χ4n) is 1.42. The highest BCUT2D eigenvalue weighted by atomic mass is 32.2. The molecule has 0 unspecified atom stereocenters. The Hall–Kier alpha value is -1.82. The lowest BCUT2D eigenvalue weighted by molar-refractivity contribution is -0.132. The van der Waals surface area contributed by atoms with Crippen LogP contribution in [-0.4, -0.2) is 32.4 Å². The van der Waals surface area contributed by atoms with E-state index in [1.165, 1.54) is 18.2 Å². The first-order valence-corrected chi connectivity index (χ1v) is 7.59. The first kappa shape index (κ1) is 15.2. The van der Waals surface area contributed by atoms with Gasteiger partial charge in [-0.25, -0.2) is 13.2 Å². The van der Waals surface area contributed by atoms with Gasteiger partial charge in [0.25, 0.3) is 0 Å². The van der Waals surface area contributed by atoms with Gasteiger partial charge >= 0.3 is 5.97 Å². The van der Waals surface area contributed by atoms with Crippen molar-refractivity contribution in [2.24, 2.45) is 0 Å². The van der Waals surface area contributed by atoms with E-state index in [0.717, 1.165) is 6.26 Å². The zero-order valence-electron chi connectivity index (χ0n) is 10.8. The maximum Gasteiger partial charge on any atom is 0.331 e. The van der Waals surface area contributed by atoms with Gasteiger partial charge in [0.15, 0.2) is 9.84 Å². The van der Waals surface area contributed by atoms with Crippen LogP contribution in [-0.2, 0) is 14.6 Å². The van der Waals surface area contributed by atoms with Gasteiger partial charge in [0.2, 0.25) is 0 Å². The number of carbonyl (C=O) groups is 1. The van der Waals surface area contributed by atoms with E-state index in [0.29, 0.717) is 12.2 Å². The molecule has 1 aromatic carbocycles. The van der Waals surface area contributed by atoms with Gasteiger partial charge in [-0.1, -0.05) is 13.0 Å². The van der Waals surface area contributed by atoms with Gasteiger partial charge in [-0.15, -0.1) is 0 Å². The van der Waals surface area contributed by atoms with Crippen molar-refractivity contribution in [3.63, 3.8) is 0 Å². The minimum absolute atomic E-state index is 0.0860. The average molecular weight is 284 g/mol. The summed E-state index contributed by atoms with van der Waals surface area (Å²) in [6.45, 7) is 1.83. The summed E-state index contributed by atoms with van der Waals surface area (Å²) in [6, 6.07) is 6.09. The Kier molecular flexibility index (Phi) is 5.11. The van der Waals surface area contributed by atoms with Gasteiger partial charge in [0.05, 0.1) is 4.90 Å². The lowest BCUT2D eigenvalue weighted by Crippen LogP contribution is -2.03. The van der Waals surface area contributed by atoms with Crippen LogP contribution < -0.4 is 4.74 Å². The molecular weight excluding hydrogens is 268 g/mol. The molecular formula is C13H16O5S. The second-order valence-electron chi connectivity index (χ2n) is 3.95. The van der Waals surface area contributed by atoms with Crippen molar-refractivity contribution in [3.05, 3.63) is 35.9 Å². The third-order valence-electron chi connectivity index (χ3n) is 2.47. The van der Waals surface area contributed by atoms with Crippen molar-refractivity contribution < 1.29 is 23.1 Å². The normalized spacial score (nSPS) is 12.2. The van der Waals surface area contributed by atoms with Gasteiger partial charge in [-0.2, -0.15) is 0 Å². The van der Waals surface area contributed by atoms with Crippen molar-refractivity contribution in [3.8, 4) is 5.75 Å². The molecule has 0 aliphatic heterocycles. The molecule has 0 aliphatic rings. The molecule has 0 aliphatic carbocycles. The molecule has 0 heterocycles. The molecule has 0 spiro atoms. The summed E-state index contributed by atoms with van der Waals surface area (Å²) in [5.74, 6) is -0.587. The predicted molar refractivity (Wildman–Crippen MR) is 71.1 cm³/mol. The van der Waals surface area contributed by atoms with Crippen LogP contribution in [0.4, 0.5) is 0 Å². The third-order valence-corrected chi connectivity index (χ3v) is 3.58. The number of carboxylic acids is 1. The number of aliphatic carboxylic acids is 1. The minimum atomic E-state index is -3.27. The Labute approximate surface area is 112 Å². The quantitative estimate of drug-likeness (QED) is 0.807. The molecule has 0 amide bonds. The molecule has 19 heavy (non-hydrogen) atoms. The molecule has 0 fully saturated rings. The lowest BCUT2D eigenvalue weighted by Gasteiger charge is -2.06. The Morgan fingerprint density at radius 3 is 2.63 bits per heavy atom. The van der Waals surface area contributed by atoms with Crippen molar-refractivity contribution in [1.82, 2.24) is 0 Å². The van der Waals surface area contributed by atoms with Crippen LogP contribution in [0.3, 0.4) is 0 Å². The number of benzene rings is 1. The Bertz CT molecular complexity index is 587. The SMILES string of the molecule is CCC(=CCOc1cccc(S(C)(=O)=O)c1)C(=O)O. The molecule has 0 saturated carbocycles. The van der Waals surface area contributed by atoms with Crippen molar-refractivity contribution in [2.45, 2.75) is 18.2 Å². The van der Waals surface area contributed by atoms with Crippen LogP contribution in [0, 0.1) is 0 Å². The fraction of sp³-hybridized carbons (Fsp3) is 0.308. The smallest absolute Gasteiger partial charge is 0.331 e. The summed E-state index contributed by atoms with van der Waals surface area (Å²) in [6.07, 6.45) is 2.99. The number of hydrogen-bond donors (Lipinski definition) is 1. The number of rotatable bonds is 6. The van der Waals surface area contributed by atoms with Crippen LogP contribution in [0.25, 0.3) is 0 Å². The molecule has 5 nitrogen and oxygen atoms in total. The zero-order chi connectivity index (χ0) is 14.5. The van der Waals surface area contributed by atoms with Crippen molar-refractivity contribution in [2.75, 3.05) is 12.9 Å². The summed E-state index contributed by atoms with van der Waals surface area (Å²) in [7, 11) is -3.27. The summed E-state index contributed by atoms with van der Waals surface area (Å²) < 4.78 is 28.0. The van der Waals surface area contributed by atoms with Gasteiger partial charge in [0, 0.05) is 11.8 Å². The number of carboxylic acid groups (broad SMARTS) is 1. The number of ether oxygens (including phenoxy) is 1. The molecule has 104 valence electrons. The fourth-order valence-corrected chi connectivity index (χ4v) is 2.07. The van der Waals surface area contributed by atoms with E-state index in [4.69, 9.17) is 9.84 Å². The maximum absolute atomic E-state index is 11.4. The average Bonchev–Trinajstić information content (AvgIpc) is 2.33. The molecule has 6 heteroatoms. The van der Waals surface area contributed by atoms with E-state index < -0.39 is 15.8 Å². The molecule has 0 atom stereocenters. The molecule has 1 N–H and O–H groups in total. The third kappa shape index (κ3) is 4.75. The molecule has 0 aromatic heterocycles. The van der Waals surface area contributed by atoms with Crippen LogP contribution >= 0.6 is 0 Å². The topological polar surface area (TPSA) is 80.7 Å². The van der Waals surface area contributed by atoms with Gasteiger partial charge in [-0.3, -0.25) is 0 Å². The van der Waals surface area contributed by atoms with Crippen LogP contribution in [0.1, 0.15) is 13.3 Å². The highest BCUT2D eigenvalue weighted by molar-refractivity contribution is 7.90. The van der Waals surface area contributed by atoms with Gasteiger partial charge in [-0.05, 0) is 30.7 Å². The predicted octanol–water partition coefficient (Wildman–Crippen LogP) is 1.89. The molecule has 1 rings (SSSR count). The zero-order valence-corrected chi connectivity index (χ0v) is 11.6. The molecule has 0 radical (unpaired) electrons. The first-order chi connectivity index (χ1) is 8.84. The van der Waals surface area contributed by atoms with E-state index in [1.54, 1.807) is 19.1 Å². The van der Waals surface area contributed by atoms with Crippen molar-refractivity contribution in [1.29, 1.82) is 0 Å². The number of sulfone groups is 1. The summed E-state index contributed by atoms with van der Waals surface area (Å²) in [5.41, 5.74) is 0.263. The highest BCUT2D eigenvalue weighted by Crippen LogP contribution is 2.17. The summed E-state index contributed by atoms with van der Waals surface area (Å²) >= 11 is 0. The van der Waals surface area contributed by atoms with Crippen LogP contribution in [0.2, 0.25) is 0 Å². The standard InChI is InChI=1S/C13H16O5S/c1-3-10(13(14)15)7-8-18-11-5-4-6-12(9-11)19(2,16)17/h4-7,9H,3,8H2,1-2H3,(H,14,15). The highest BCUT2D eigenvalue weighted by Gasteiger charge is 2.08. The van der Waals surface area contributed by atoms with Crippen LogP contribution in [0.5, 0.6) is 5.75 Å². The Balaban J connectivity index is 2.77. The second kappa shape index (κ2) is 6.38. The van der Waals surface area contributed by atoms with Gasteiger partial charge < -0.3 is 9.84 Å². The van der Waals surface area contributed by atoms with E-state index in [2.05, 4.69) is 0 Å². The van der Waals surface area contributed by atoms with E-state index in [1.807, 2.05) is 0 Å². The monoisotopic (exact) mass is 284 g/mol. The molecule has 1 aromatic rings. The maximum atomic E-state index is 11.4. The first-order valence-electron chi connectivity index (χ1n) is 5.70. The molecule has 0 bridgehead atoms. The van der Waals surface area contributed by atoms with E-state index >= 15 is 0 Å². The second-order valence-corrected chi connectivity index (χ2v) is 5.96. The van der Waals surface area contributed by atoms with Crippen molar-refractivity contribution >= 4 is 15.8 Å². The Morgan fingerprint density at radius 2 is 2.11 bits per heavy atom. The van der Waals surface area contributed by atoms with E-state index in [9.17, 15) is 13.2 Å². The lowest BCUT2D eigenvalue weighted by atomic mass is 10.2. The molecule has 0 saturated heterocycles. The largest absolute Gasteiger partial charge is 0.489 e. The van der Waals surface area contributed by atoms with Gasteiger partial charge in [0.1, 0.15) is 12.4 Å². The van der Waals surface area contributed by atoms with E-state index in [-0.39, 0.29) is 17.1 Å². The Morgan fingerprint density at radius 1 is 1.42 bits per heavy atom. The number of hydrogen-bond acceptors (Lipinski definition) is 4.